The molecule has 1 amide bonds. The lowest BCUT2D eigenvalue weighted by Gasteiger charge is -2.27. The van der Waals surface area contributed by atoms with E-state index in [4.69, 9.17) is 0 Å². The van der Waals surface area contributed by atoms with Gasteiger partial charge in [-0.3, -0.25) is 4.79 Å². The largest absolute Gasteiger partial charge is 0.372 e. The third-order valence-corrected chi connectivity index (χ3v) is 3.82. The Hall–Kier alpha value is -1.10. The van der Waals surface area contributed by atoms with Gasteiger partial charge in [0.15, 0.2) is 0 Å². The van der Waals surface area contributed by atoms with Crippen LogP contribution in [0.3, 0.4) is 0 Å². The van der Waals surface area contributed by atoms with E-state index >= 15 is 0 Å². The van der Waals surface area contributed by atoms with E-state index < -0.39 is 0 Å². The molecule has 0 radical (unpaired) electrons. The maximum Gasteiger partial charge on any atom is 0.255 e. The number of amides is 1. The molecule has 1 rings (SSSR count). The van der Waals surface area contributed by atoms with Gasteiger partial charge in [-0.2, -0.15) is 0 Å². The van der Waals surface area contributed by atoms with E-state index in [0.717, 1.165) is 4.47 Å². The quantitative estimate of drug-likeness (QED) is 0.892. The van der Waals surface area contributed by atoms with E-state index in [1.165, 1.54) is 0 Å². The van der Waals surface area contributed by atoms with Crippen LogP contribution >= 0.6 is 15.9 Å². The van der Waals surface area contributed by atoms with Gasteiger partial charge in [0.1, 0.15) is 5.82 Å². The highest BCUT2D eigenvalue weighted by molar-refractivity contribution is 9.10. The number of pyridine rings is 1. The van der Waals surface area contributed by atoms with Gasteiger partial charge >= 0.3 is 0 Å². The van der Waals surface area contributed by atoms with Crippen molar-refractivity contribution in [2.75, 3.05) is 18.9 Å². The van der Waals surface area contributed by atoms with Crippen LogP contribution in [0.5, 0.6) is 0 Å². The molecule has 0 aliphatic heterocycles. The lowest BCUT2D eigenvalue weighted by molar-refractivity contribution is 0.0937. The molecule has 5 heteroatoms. The summed E-state index contributed by atoms with van der Waals surface area (Å²) in [5.74, 6) is 0.882. The van der Waals surface area contributed by atoms with Crippen molar-refractivity contribution in [3.63, 3.8) is 0 Å². The molecule has 0 spiro atoms. The summed E-state index contributed by atoms with van der Waals surface area (Å²) in [4.78, 5) is 16.4. The molecule has 1 aromatic rings. The molecular weight excluding hydrogens is 306 g/mol. The summed E-state index contributed by atoms with van der Waals surface area (Å²) in [6, 6.07) is 1.77. The third-order valence-electron chi connectivity index (χ3n) is 3.38. The lowest BCUT2D eigenvalue weighted by atomic mass is 9.82. The average Bonchev–Trinajstić information content (AvgIpc) is 2.34. The van der Waals surface area contributed by atoms with Gasteiger partial charge < -0.3 is 10.6 Å². The molecule has 0 aliphatic carbocycles. The number of aromatic nitrogens is 1. The highest BCUT2D eigenvalue weighted by atomic mass is 79.9. The van der Waals surface area contributed by atoms with E-state index in [2.05, 4.69) is 59.2 Å². The first-order valence-electron chi connectivity index (χ1n) is 6.37. The van der Waals surface area contributed by atoms with Crippen LogP contribution in [0, 0.1) is 11.3 Å². The van der Waals surface area contributed by atoms with Gasteiger partial charge in [-0.15, -0.1) is 0 Å². The van der Waals surface area contributed by atoms with Gasteiger partial charge in [0.05, 0.1) is 5.56 Å². The van der Waals surface area contributed by atoms with E-state index in [1.54, 1.807) is 19.3 Å². The van der Waals surface area contributed by atoms with Crippen molar-refractivity contribution in [3.8, 4) is 0 Å². The van der Waals surface area contributed by atoms with Crippen molar-refractivity contribution in [2.24, 2.45) is 11.3 Å². The third kappa shape index (κ3) is 4.49. The van der Waals surface area contributed by atoms with E-state index in [1.807, 2.05) is 0 Å². The van der Waals surface area contributed by atoms with Gasteiger partial charge in [0.25, 0.3) is 5.91 Å². The minimum atomic E-state index is -0.103. The number of carbonyl (C=O) groups is 1. The minimum Gasteiger partial charge on any atom is -0.372 e. The second-order valence-electron chi connectivity index (χ2n) is 5.78. The van der Waals surface area contributed by atoms with Gasteiger partial charge in [-0.25, -0.2) is 4.98 Å². The molecule has 0 aromatic carbocycles. The number of nitrogens with one attached hydrogen (secondary N) is 2. The minimum absolute atomic E-state index is 0.103. The van der Waals surface area contributed by atoms with Crippen molar-refractivity contribution < 1.29 is 4.79 Å². The number of hydrogen-bond donors (Lipinski definition) is 2. The molecule has 0 aliphatic rings. The Bertz CT molecular complexity index is 454. The summed E-state index contributed by atoms with van der Waals surface area (Å²) in [7, 11) is 1.75. The Kier molecular flexibility index (Phi) is 5.35. The number of anilines is 1. The summed E-state index contributed by atoms with van der Waals surface area (Å²) < 4.78 is 0.792. The molecule has 0 fully saturated rings. The summed E-state index contributed by atoms with van der Waals surface area (Å²) >= 11 is 3.34. The van der Waals surface area contributed by atoms with Crippen molar-refractivity contribution in [2.45, 2.75) is 27.7 Å². The van der Waals surface area contributed by atoms with Crippen molar-refractivity contribution in [1.82, 2.24) is 10.3 Å². The second kappa shape index (κ2) is 6.37. The molecule has 1 atom stereocenters. The van der Waals surface area contributed by atoms with Crippen LogP contribution in [0.2, 0.25) is 0 Å². The van der Waals surface area contributed by atoms with Gasteiger partial charge in [0, 0.05) is 24.3 Å². The number of nitrogens with zero attached hydrogens (tertiary/aromatic N) is 1. The topological polar surface area (TPSA) is 54.0 Å². The van der Waals surface area contributed by atoms with Crippen molar-refractivity contribution in [1.29, 1.82) is 0 Å². The van der Waals surface area contributed by atoms with Gasteiger partial charge in [-0.1, -0.05) is 27.7 Å². The molecule has 2 N–H and O–H groups in total. The fourth-order valence-corrected chi connectivity index (χ4v) is 1.79. The SMILES string of the molecule is CNc1ncc(Br)cc1C(=O)NCC(C)C(C)(C)C. The number of hydrogen-bond acceptors (Lipinski definition) is 3. The molecule has 1 unspecified atom stereocenters. The first-order chi connectivity index (χ1) is 8.75. The van der Waals surface area contributed by atoms with Crippen LogP contribution < -0.4 is 10.6 Å². The Morgan fingerprint density at radius 3 is 2.63 bits per heavy atom. The molecule has 19 heavy (non-hydrogen) atoms. The van der Waals surface area contributed by atoms with E-state index in [0.29, 0.717) is 23.8 Å². The molecule has 1 aromatic heterocycles. The maximum atomic E-state index is 12.2. The predicted octanol–water partition coefficient (Wildman–Crippen LogP) is 3.30. The summed E-state index contributed by atoms with van der Waals surface area (Å²) in [5, 5.41) is 5.90. The van der Waals surface area contributed by atoms with Crippen LogP contribution in [0.25, 0.3) is 0 Å². The smallest absolute Gasteiger partial charge is 0.255 e. The Morgan fingerprint density at radius 2 is 2.11 bits per heavy atom. The predicted molar refractivity (Wildman–Crippen MR) is 82.4 cm³/mol. The molecule has 106 valence electrons. The van der Waals surface area contributed by atoms with E-state index in [9.17, 15) is 4.79 Å². The number of halogens is 1. The molecule has 0 saturated carbocycles. The Labute approximate surface area is 123 Å². The van der Waals surface area contributed by atoms with E-state index in [-0.39, 0.29) is 11.3 Å². The summed E-state index contributed by atoms with van der Waals surface area (Å²) in [6.45, 7) is 9.30. The second-order valence-corrected chi connectivity index (χ2v) is 6.69. The first kappa shape index (κ1) is 16.0. The fourth-order valence-electron chi connectivity index (χ4n) is 1.46. The number of rotatable bonds is 4. The summed E-state index contributed by atoms with van der Waals surface area (Å²) in [6.07, 6.45) is 1.67. The molecule has 0 saturated heterocycles. The zero-order valence-corrected chi connectivity index (χ0v) is 13.8. The highest BCUT2D eigenvalue weighted by Gasteiger charge is 2.21. The maximum absolute atomic E-state index is 12.2. The fraction of sp³-hybridized carbons (Fsp3) is 0.571. The molecule has 1 heterocycles. The van der Waals surface area contributed by atoms with Crippen molar-refractivity contribution >= 4 is 27.7 Å². The molecular formula is C14H22BrN3O. The standard InChI is InChI=1S/C14H22BrN3O/c1-9(14(2,3)4)7-18-13(19)11-6-10(15)8-17-12(11)16-5/h6,8-9H,7H2,1-5H3,(H,16,17)(H,18,19). The van der Waals surface area contributed by atoms with Gasteiger partial charge in [0.2, 0.25) is 0 Å². The van der Waals surface area contributed by atoms with Gasteiger partial charge in [-0.05, 0) is 33.3 Å². The zero-order valence-electron chi connectivity index (χ0n) is 12.2. The van der Waals surface area contributed by atoms with Crippen LogP contribution in [0.1, 0.15) is 38.1 Å². The van der Waals surface area contributed by atoms with Crippen molar-refractivity contribution in [3.05, 3.63) is 22.3 Å². The first-order valence-corrected chi connectivity index (χ1v) is 7.16. The highest BCUT2D eigenvalue weighted by Crippen LogP contribution is 2.24. The average molecular weight is 328 g/mol. The Morgan fingerprint density at radius 1 is 1.47 bits per heavy atom. The summed E-state index contributed by atoms with van der Waals surface area (Å²) in [5.41, 5.74) is 0.729. The van der Waals surface area contributed by atoms with Crippen LogP contribution in [0.15, 0.2) is 16.7 Å². The monoisotopic (exact) mass is 327 g/mol. The Balaban J connectivity index is 2.76. The zero-order chi connectivity index (χ0) is 14.6. The van der Waals surface area contributed by atoms with Crippen LogP contribution in [-0.4, -0.2) is 24.5 Å². The van der Waals surface area contributed by atoms with Crippen LogP contribution in [-0.2, 0) is 0 Å². The molecule has 4 nitrogen and oxygen atoms in total. The molecule has 0 bridgehead atoms. The number of carbonyl (C=O) groups excluding carboxylic acids is 1. The normalized spacial score (nSPS) is 12.9. The van der Waals surface area contributed by atoms with Crippen LogP contribution in [0.4, 0.5) is 5.82 Å². The lowest BCUT2D eigenvalue weighted by Crippen LogP contribution is -2.34.